The highest BCUT2D eigenvalue weighted by atomic mass is 35.5. The Labute approximate surface area is 122 Å². The molecule has 5 heteroatoms. The van der Waals surface area contributed by atoms with E-state index in [1.807, 2.05) is 6.07 Å². The fraction of sp³-hybridized carbons (Fsp3) is 0.467. The van der Waals surface area contributed by atoms with Crippen LogP contribution in [0.15, 0.2) is 18.2 Å². The van der Waals surface area contributed by atoms with Crippen LogP contribution in [-0.2, 0) is 11.2 Å². The van der Waals surface area contributed by atoms with Crippen molar-refractivity contribution in [2.24, 2.45) is 0 Å². The summed E-state index contributed by atoms with van der Waals surface area (Å²) in [7, 11) is 0. The van der Waals surface area contributed by atoms with Gasteiger partial charge in [0, 0.05) is 16.6 Å². The second kappa shape index (κ2) is 6.71. The Hall–Kier alpha value is -1.60. The minimum absolute atomic E-state index is 0.0512. The summed E-state index contributed by atoms with van der Waals surface area (Å²) in [5.41, 5.74) is 0.208. The molecule has 1 aromatic rings. The maximum Gasteiger partial charge on any atom is 0.228 e. The van der Waals surface area contributed by atoms with Crippen LogP contribution in [0.3, 0.4) is 0 Å². The highest BCUT2D eigenvalue weighted by Gasteiger charge is 2.27. The average Bonchev–Trinajstić information content (AvgIpc) is 2.94. The van der Waals surface area contributed by atoms with Crippen molar-refractivity contribution in [1.29, 1.82) is 5.26 Å². The predicted octanol–water partition coefficient (Wildman–Crippen LogP) is 3.32. The number of nitriles is 1. The van der Waals surface area contributed by atoms with Crippen molar-refractivity contribution in [2.75, 3.05) is 6.54 Å². The van der Waals surface area contributed by atoms with Gasteiger partial charge in [-0.2, -0.15) is 5.26 Å². The molecule has 1 aromatic carbocycles. The first-order chi connectivity index (χ1) is 9.63. The van der Waals surface area contributed by atoms with Gasteiger partial charge in [0.05, 0.1) is 12.5 Å². The summed E-state index contributed by atoms with van der Waals surface area (Å²) in [5.74, 6) is -0.709. The van der Waals surface area contributed by atoms with E-state index in [2.05, 4.69) is 0 Å². The Morgan fingerprint density at radius 3 is 2.75 bits per heavy atom. The number of amides is 1. The van der Waals surface area contributed by atoms with E-state index in [1.54, 1.807) is 11.0 Å². The Morgan fingerprint density at radius 2 is 2.15 bits per heavy atom. The first kappa shape index (κ1) is 14.8. The maximum absolute atomic E-state index is 13.7. The van der Waals surface area contributed by atoms with Crippen molar-refractivity contribution in [2.45, 2.75) is 38.1 Å². The number of halogens is 2. The summed E-state index contributed by atoms with van der Waals surface area (Å²) in [5, 5.41) is 9.13. The molecule has 0 aromatic heterocycles. The van der Waals surface area contributed by atoms with E-state index in [4.69, 9.17) is 16.9 Å². The van der Waals surface area contributed by atoms with Crippen molar-refractivity contribution in [3.63, 3.8) is 0 Å². The van der Waals surface area contributed by atoms with Gasteiger partial charge in [0.15, 0.2) is 0 Å². The Morgan fingerprint density at radius 1 is 1.45 bits per heavy atom. The summed E-state index contributed by atoms with van der Waals surface area (Å²) in [4.78, 5) is 13.9. The molecule has 1 amide bonds. The average molecular weight is 295 g/mol. The topological polar surface area (TPSA) is 44.1 Å². The second-order valence-corrected chi connectivity index (χ2v) is 5.40. The van der Waals surface area contributed by atoms with Gasteiger partial charge in [0.2, 0.25) is 5.91 Å². The molecule has 0 saturated heterocycles. The van der Waals surface area contributed by atoms with Gasteiger partial charge < -0.3 is 4.90 Å². The van der Waals surface area contributed by atoms with Crippen LogP contribution in [-0.4, -0.2) is 23.4 Å². The molecule has 0 heterocycles. The largest absolute Gasteiger partial charge is 0.326 e. The van der Waals surface area contributed by atoms with Crippen molar-refractivity contribution < 1.29 is 9.18 Å². The predicted molar refractivity (Wildman–Crippen MR) is 74.7 cm³/mol. The summed E-state index contributed by atoms with van der Waals surface area (Å²) < 4.78 is 13.7. The van der Waals surface area contributed by atoms with Crippen LogP contribution in [0.2, 0.25) is 5.02 Å². The summed E-state index contributed by atoms with van der Waals surface area (Å²) >= 11 is 5.94. The third-order valence-electron chi connectivity index (χ3n) is 3.72. The highest BCUT2D eigenvalue weighted by Crippen LogP contribution is 2.25. The number of nitrogens with zero attached hydrogens (tertiary/aromatic N) is 2. The third kappa shape index (κ3) is 3.29. The van der Waals surface area contributed by atoms with Crippen LogP contribution < -0.4 is 0 Å². The molecular formula is C15H16ClFN2O. The smallest absolute Gasteiger partial charge is 0.228 e. The lowest BCUT2D eigenvalue weighted by atomic mass is 10.1. The van der Waals surface area contributed by atoms with E-state index >= 15 is 0 Å². The molecule has 3 nitrogen and oxygen atoms in total. The monoisotopic (exact) mass is 294 g/mol. The van der Waals surface area contributed by atoms with Gasteiger partial charge >= 0.3 is 0 Å². The van der Waals surface area contributed by atoms with E-state index in [0.29, 0.717) is 0 Å². The molecule has 1 fully saturated rings. The summed E-state index contributed by atoms with van der Waals surface area (Å²) in [6.07, 6.45) is 3.88. The first-order valence-electron chi connectivity index (χ1n) is 6.72. The number of carbonyl (C=O) groups excluding carboxylic acids is 1. The molecule has 0 spiro atoms. The molecule has 106 valence electrons. The summed E-state index contributed by atoms with van der Waals surface area (Å²) in [6, 6.07) is 6.49. The van der Waals surface area contributed by atoms with E-state index in [0.717, 1.165) is 25.7 Å². The van der Waals surface area contributed by atoms with Gasteiger partial charge in [-0.05, 0) is 25.0 Å². The number of carbonyl (C=O) groups is 1. The molecular weight excluding hydrogens is 279 g/mol. The lowest BCUT2D eigenvalue weighted by molar-refractivity contribution is -0.132. The van der Waals surface area contributed by atoms with E-state index in [-0.39, 0.29) is 35.5 Å². The van der Waals surface area contributed by atoms with E-state index in [1.165, 1.54) is 12.1 Å². The lowest BCUT2D eigenvalue weighted by Gasteiger charge is -2.26. The Kier molecular flexibility index (Phi) is 4.97. The normalized spacial score (nSPS) is 15.1. The Bertz CT molecular complexity index is 515. The van der Waals surface area contributed by atoms with E-state index < -0.39 is 5.82 Å². The van der Waals surface area contributed by atoms with Crippen LogP contribution in [0, 0.1) is 17.1 Å². The second-order valence-electron chi connectivity index (χ2n) is 5.00. The molecule has 0 radical (unpaired) electrons. The number of hydrogen-bond donors (Lipinski definition) is 0. The van der Waals surface area contributed by atoms with Crippen LogP contribution in [0.25, 0.3) is 0 Å². The zero-order chi connectivity index (χ0) is 14.5. The third-order valence-corrected chi connectivity index (χ3v) is 4.07. The van der Waals surface area contributed by atoms with Crippen LogP contribution in [0.4, 0.5) is 4.39 Å². The molecule has 0 atom stereocenters. The minimum atomic E-state index is -0.478. The van der Waals surface area contributed by atoms with Gasteiger partial charge in [-0.1, -0.05) is 30.5 Å². The zero-order valence-corrected chi connectivity index (χ0v) is 11.9. The molecule has 0 N–H and O–H groups in total. The van der Waals surface area contributed by atoms with Gasteiger partial charge in [-0.25, -0.2) is 4.39 Å². The number of rotatable bonds is 4. The van der Waals surface area contributed by atoms with Crippen molar-refractivity contribution >= 4 is 17.5 Å². The standard InChI is InChI=1S/C15H16ClFN2O/c16-13-6-3-7-14(17)12(13)10-15(20)19(9-8-18)11-4-1-2-5-11/h3,6-7,11H,1-2,4-5,9-10H2. The van der Waals surface area contributed by atoms with Gasteiger partial charge in [0.25, 0.3) is 0 Å². The molecule has 0 aliphatic heterocycles. The van der Waals surface area contributed by atoms with Crippen molar-refractivity contribution in [3.8, 4) is 6.07 Å². The molecule has 0 bridgehead atoms. The molecule has 1 aliphatic rings. The SMILES string of the molecule is N#CCN(C(=O)Cc1c(F)cccc1Cl)C1CCCC1. The van der Waals surface area contributed by atoms with Crippen molar-refractivity contribution in [3.05, 3.63) is 34.6 Å². The maximum atomic E-state index is 13.7. The van der Waals surface area contributed by atoms with Gasteiger partial charge in [-0.15, -0.1) is 0 Å². The first-order valence-corrected chi connectivity index (χ1v) is 7.10. The highest BCUT2D eigenvalue weighted by molar-refractivity contribution is 6.31. The number of benzene rings is 1. The molecule has 2 rings (SSSR count). The van der Waals surface area contributed by atoms with Crippen LogP contribution >= 0.6 is 11.6 Å². The zero-order valence-electron chi connectivity index (χ0n) is 11.1. The molecule has 0 unspecified atom stereocenters. The van der Waals surface area contributed by atoms with Crippen molar-refractivity contribution in [1.82, 2.24) is 4.90 Å². The van der Waals surface area contributed by atoms with Gasteiger partial charge in [-0.3, -0.25) is 4.79 Å². The van der Waals surface area contributed by atoms with Crippen LogP contribution in [0.5, 0.6) is 0 Å². The molecule has 1 saturated carbocycles. The lowest BCUT2D eigenvalue weighted by Crippen LogP contribution is -2.40. The Balaban J connectivity index is 2.14. The van der Waals surface area contributed by atoms with Gasteiger partial charge in [0.1, 0.15) is 12.4 Å². The molecule has 1 aliphatic carbocycles. The summed E-state index contributed by atoms with van der Waals surface area (Å²) in [6.45, 7) is 0.0512. The minimum Gasteiger partial charge on any atom is -0.326 e. The van der Waals surface area contributed by atoms with E-state index in [9.17, 15) is 9.18 Å². The molecule has 20 heavy (non-hydrogen) atoms. The quantitative estimate of drug-likeness (QED) is 0.800. The number of hydrogen-bond acceptors (Lipinski definition) is 2. The fourth-order valence-corrected chi connectivity index (χ4v) is 2.90. The fourth-order valence-electron chi connectivity index (χ4n) is 2.67. The van der Waals surface area contributed by atoms with Crippen LogP contribution in [0.1, 0.15) is 31.2 Å².